The van der Waals surface area contributed by atoms with E-state index in [2.05, 4.69) is 25.4 Å². The standard InChI is InChI=1S/C6H7NOS/c1-3-5(8)4(2)6(7)9/h3H,1-2H2,(H2,7,9). The van der Waals surface area contributed by atoms with E-state index in [0.29, 0.717) is 0 Å². The van der Waals surface area contributed by atoms with Gasteiger partial charge in [0.15, 0.2) is 5.78 Å². The molecule has 0 amide bonds. The van der Waals surface area contributed by atoms with Gasteiger partial charge in [-0.2, -0.15) is 0 Å². The van der Waals surface area contributed by atoms with Gasteiger partial charge in [0.2, 0.25) is 0 Å². The summed E-state index contributed by atoms with van der Waals surface area (Å²) in [6.45, 7) is 6.58. The zero-order valence-corrected chi connectivity index (χ0v) is 5.70. The summed E-state index contributed by atoms with van der Waals surface area (Å²) in [4.78, 5) is 10.6. The highest BCUT2D eigenvalue weighted by Crippen LogP contribution is 1.92. The molecule has 0 aromatic heterocycles. The van der Waals surface area contributed by atoms with Crippen LogP contribution in [0.15, 0.2) is 24.8 Å². The third-order valence-electron chi connectivity index (χ3n) is 0.780. The largest absolute Gasteiger partial charge is 0.389 e. The zero-order chi connectivity index (χ0) is 7.44. The van der Waals surface area contributed by atoms with E-state index in [1.165, 1.54) is 0 Å². The first-order valence-electron chi connectivity index (χ1n) is 2.25. The van der Waals surface area contributed by atoms with Crippen LogP contribution in [0.3, 0.4) is 0 Å². The van der Waals surface area contributed by atoms with Crippen LogP contribution in [0.5, 0.6) is 0 Å². The average molecular weight is 141 g/mol. The summed E-state index contributed by atoms with van der Waals surface area (Å²) in [6.07, 6.45) is 1.13. The summed E-state index contributed by atoms with van der Waals surface area (Å²) in [6, 6.07) is 0. The van der Waals surface area contributed by atoms with Crippen molar-refractivity contribution >= 4 is 23.0 Å². The molecular weight excluding hydrogens is 134 g/mol. The molecule has 0 fully saturated rings. The summed E-state index contributed by atoms with van der Waals surface area (Å²) in [5.41, 5.74) is 5.21. The minimum absolute atomic E-state index is 0.0277. The third-order valence-corrected chi connectivity index (χ3v) is 1.03. The predicted molar refractivity (Wildman–Crippen MR) is 41.1 cm³/mol. The quantitative estimate of drug-likeness (QED) is 0.462. The van der Waals surface area contributed by atoms with Gasteiger partial charge in [0.1, 0.15) is 4.99 Å². The van der Waals surface area contributed by atoms with E-state index in [1.807, 2.05) is 0 Å². The molecule has 0 heterocycles. The van der Waals surface area contributed by atoms with E-state index < -0.39 is 0 Å². The van der Waals surface area contributed by atoms with Crippen LogP contribution in [0.25, 0.3) is 0 Å². The van der Waals surface area contributed by atoms with Crippen molar-refractivity contribution in [2.75, 3.05) is 0 Å². The van der Waals surface area contributed by atoms with Crippen LogP contribution in [0.1, 0.15) is 0 Å². The number of hydrogen-bond donors (Lipinski definition) is 1. The van der Waals surface area contributed by atoms with Crippen molar-refractivity contribution in [2.24, 2.45) is 5.73 Å². The Morgan fingerprint density at radius 1 is 1.67 bits per heavy atom. The number of rotatable bonds is 3. The van der Waals surface area contributed by atoms with Gasteiger partial charge in [0.05, 0.1) is 0 Å². The molecule has 0 aliphatic carbocycles. The van der Waals surface area contributed by atoms with Gasteiger partial charge in [-0.1, -0.05) is 25.4 Å². The molecule has 0 bridgehead atoms. The number of hydrogen-bond acceptors (Lipinski definition) is 2. The van der Waals surface area contributed by atoms with Crippen molar-refractivity contribution in [3.63, 3.8) is 0 Å². The molecule has 0 aliphatic heterocycles. The molecule has 0 atom stereocenters. The summed E-state index contributed by atoms with van der Waals surface area (Å²) in [7, 11) is 0. The lowest BCUT2D eigenvalue weighted by Gasteiger charge is -1.93. The lowest BCUT2D eigenvalue weighted by molar-refractivity contribution is -0.110. The monoisotopic (exact) mass is 141 g/mol. The van der Waals surface area contributed by atoms with Crippen LogP contribution in [0.2, 0.25) is 0 Å². The molecule has 2 N–H and O–H groups in total. The molecule has 0 spiro atoms. The lowest BCUT2D eigenvalue weighted by atomic mass is 10.2. The minimum Gasteiger partial charge on any atom is -0.389 e. The molecule has 0 unspecified atom stereocenters. The Kier molecular flexibility index (Phi) is 2.81. The number of ketones is 1. The molecule has 2 nitrogen and oxygen atoms in total. The lowest BCUT2D eigenvalue weighted by Crippen LogP contribution is -2.15. The third kappa shape index (κ3) is 2.19. The fraction of sp³-hybridized carbons (Fsp3) is 0. The van der Waals surface area contributed by atoms with Crippen LogP contribution in [-0.4, -0.2) is 10.8 Å². The maximum Gasteiger partial charge on any atom is 0.187 e. The molecule has 9 heavy (non-hydrogen) atoms. The highest BCUT2D eigenvalue weighted by atomic mass is 32.1. The molecular formula is C6H7NOS. The van der Waals surface area contributed by atoms with Gasteiger partial charge in [-0.15, -0.1) is 0 Å². The minimum atomic E-state index is -0.317. The van der Waals surface area contributed by atoms with E-state index in [1.54, 1.807) is 0 Å². The Morgan fingerprint density at radius 2 is 2.11 bits per heavy atom. The highest BCUT2D eigenvalue weighted by molar-refractivity contribution is 7.80. The molecule has 0 aliphatic rings. The van der Waals surface area contributed by atoms with Gasteiger partial charge in [0, 0.05) is 5.57 Å². The second kappa shape index (κ2) is 3.14. The average Bonchev–Trinajstić information content (AvgIpc) is 1.84. The fourth-order valence-corrected chi connectivity index (χ4v) is 0.345. The SMILES string of the molecule is C=CC(=O)C(=C)C(N)=S. The van der Waals surface area contributed by atoms with Gasteiger partial charge >= 0.3 is 0 Å². The number of nitrogens with two attached hydrogens (primary N) is 1. The Bertz CT molecular complexity index is 183. The Balaban J connectivity index is 4.22. The van der Waals surface area contributed by atoms with Gasteiger partial charge in [-0.05, 0) is 6.08 Å². The fourth-order valence-electron chi connectivity index (χ4n) is 0.245. The molecule has 0 saturated carbocycles. The van der Waals surface area contributed by atoms with Crippen molar-refractivity contribution in [3.8, 4) is 0 Å². The van der Waals surface area contributed by atoms with Crippen LogP contribution in [0.4, 0.5) is 0 Å². The highest BCUT2D eigenvalue weighted by Gasteiger charge is 2.02. The molecule has 0 aromatic carbocycles. The first-order chi connectivity index (χ1) is 4.09. The van der Waals surface area contributed by atoms with E-state index in [9.17, 15) is 4.79 Å². The van der Waals surface area contributed by atoms with Crippen LogP contribution < -0.4 is 5.73 Å². The van der Waals surface area contributed by atoms with Crippen molar-refractivity contribution < 1.29 is 4.79 Å². The molecule has 0 aromatic rings. The van der Waals surface area contributed by atoms with Crippen molar-refractivity contribution in [1.82, 2.24) is 0 Å². The Labute approximate surface area is 59.0 Å². The number of allylic oxidation sites excluding steroid dienone is 1. The normalized spacial score (nSPS) is 8.00. The molecule has 0 rings (SSSR count). The van der Waals surface area contributed by atoms with E-state index >= 15 is 0 Å². The second-order valence-electron chi connectivity index (χ2n) is 1.41. The molecule has 3 heteroatoms. The number of thiocarbonyl (C=S) groups is 1. The van der Waals surface area contributed by atoms with Gasteiger partial charge in [-0.25, -0.2) is 0 Å². The first kappa shape index (κ1) is 8.04. The smallest absolute Gasteiger partial charge is 0.187 e. The summed E-state index contributed by atoms with van der Waals surface area (Å²) in [5, 5.41) is 0. The van der Waals surface area contributed by atoms with E-state index in [4.69, 9.17) is 5.73 Å². The first-order valence-corrected chi connectivity index (χ1v) is 2.66. The summed E-state index contributed by atoms with van der Waals surface area (Å²) >= 11 is 4.47. The molecule has 0 saturated heterocycles. The van der Waals surface area contributed by atoms with Gasteiger partial charge < -0.3 is 5.73 Å². The van der Waals surface area contributed by atoms with Crippen LogP contribution in [-0.2, 0) is 4.79 Å². The summed E-state index contributed by atoms with van der Waals surface area (Å²) in [5.74, 6) is -0.317. The summed E-state index contributed by atoms with van der Waals surface area (Å²) < 4.78 is 0. The maximum atomic E-state index is 10.6. The Hall–Kier alpha value is -0.960. The van der Waals surface area contributed by atoms with Crippen LogP contribution in [0, 0.1) is 0 Å². The topological polar surface area (TPSA) is 43.1 Å². The second-order valence-corrected chi connectivity index (χ2v) is 1.85. The number of carbonyl (C=O) groups is 1. The molecule has 0 radical (unpaired) electrons. The zero-order valence-electron chi connectivity index (χ0n) is 4.89. The Morgan fingerprint density at radius 3 is 2.22 bits per heavy atom. The number of carbonyl (C=O) groups excluding carboxylic acids is 1. The maximum absolute atomic E-state index is 10.6. The van der Waals surface area contributed by atoms with Crippen LogP contribution >= 0.6 is 12.2 Å². The molecule has 48 valence electrons. The van der Waals surface area contributed by atoms with Crippen molar-refractivity contribution in [1.29, 1.82) is 0 Å². The van der Waals surface area contributed by atoms with E-state index in [-0.39, 0.29) is 16.3 Å². The predicted octanol–water partition coefficient (Wildman–Crippen LogP) is 0.584. The van der Waals surface area contributed by atoms with Gasteiger partial charge in [-0.3, -0.25) is 4.79 Å². The van der Waals surface area contributed by atoms with Gasteiger partial charge in [0.25, 0.3) is 0 Å². The van der Waals surface area contributed by atoms with Crippen molar-refractivity contribution in [2.45, 2.75) is 0 Å². The van der Waals surface area contributed by atoms with Crippen molar-refractivity contribution in [3.05, 3.63) is 24.8 Å². The van der Waals surface area contributed by atoms with E-state index in [0.717, 1.165) is 6.08 Å².